The molecule has 0 bridgehead atoms. The molecule has 4 rings (SSSR count). The second-order valence-electron chi connectivity index (χ2n) is 7.23. The fourth-order valence-electron chi connectivity index (χ4n) is 3.29. The third-order valence-corrected chi connectivity index (χ3v) is 5.54. The lowest BCUT2D eigenvalue weighted by Gasteiger charge is -2.13. The van der Waals surface area contributed by atoms with Crippen molar-refractivity contribution in [3.8, 4) is 17.6 Å². The van der Waals surface area contributed by atoms with E-state index in [9.17, 15) is 10.1 Å². The number of halogens is 1. The highest BCUT2D eigenvalue weighted by atomic mass is 79.9. The van der Waals surface area contributed by atoms with E-state index in [1.54, 1.807) is 30.3 Å². The predicted molar refractivity (Wildman–Crippen MR) is 135 cm³/mol. The maximum atomic E-state index is 12.3. The fourth-order valence-corrected chi connectivity index (χ4v) is 3.68. The van der Waals surface area contributed by atoms with E-state index < -0.39 is 0 Å². The molecular formula is C26H21BrN4O3. The summed E-state index contributed by atoms with van der Waals surface area (Å²) in [4.78, 5) is 20.0. The number of rotatable bonds is 8. The topological polar surface area (TPSA) is 100 Å². The molecular weight excluding hydrogens is 496 g/mol. The number of benzene rings is 3. The first-order chi connectivity index (χ1) is 16.6. The molecule has 1 heterocycles. The first-order valence-electron chi connectivity index (χ1n) is 10.6. The summed E-state index contributed by atoms with van der Waals surface area (Å²) in [6, 6.07) is 22.4. The Hall–Kier alpha value is -4.09. The van der Waals surface area contributed by atoms with E-state index in [1.165, 1.54) is 0 Å². The number of hydrogen-bond donors (Lipinski definition) is 2. The Kier molecular flexibility index (Phi) is 7.25. The van der Waals surface area contributed by atoms with Crippen molar-refractivity contribution in [1.29, 1.82) is 5.26 Å². The van der Waals surface area contributed by atoms with Crippen molar-refractivity contribution in [3.05, 3.63) is 82.6 Å². The number of carbonyl (C=O) groups excluding carboxylic acids is 1. The van der Waals surface area contributed by atoms with Crippen molar-refractivity contribution < 1.29 is 14.3 Å². The number of fused-ring (bicyclic) bond motifs is 1. The van der Waals surface area contributed by atoms with E-state index in [4.69, 9.17) is 9.47 Å². The van der Waals surface area contributed by atoms with Crippen LogP contribution >= 0.6 is 15.9 Å². The molecule has 170 valence electrons. The van der Waals surface area contributed by atoms with E-state index in [-0.39, 0.29) is 12.5 Å². The van der Waals surface area contributed by atoms with E-state index in [1.807, 2.05) is 49.4 Å². The number of aromatic nitrogens is 2. The molecule has 0 saturated heterocycles. The molecule has 3 aromatic carbocycles. The Morgan fingerprint density at radius 1 is 1.12 bits per heavy atom. The summed E-state index contributed by atoms with van der Waals surface area (Å²) in [5.74, 6) is 1.11. The molecule has 0 saturated carbocycles. The molecule has 1 amide bonds. The summed E-state index contributed by atoms with van der Waals surface area (Å²) < 4.78 is 12.2. The number of para-hydroxylation sites is 3. The summed E-state index contributed by atoms with van der Waals surface area (Å²) in [5.41, 5.74) is 3.44. The largest absolute Gasteiger partial charge is 0.490 e. The van der Waals surface area contributed by atoms with Gasteiger partial charge in [-0.05, 0) is 70.9 Å². The van der Waals surface area contributed by atoms with E-state index in [0.717, 1.165) is 21.1 Å². The molecule has 8 heteroatoms. The number of carbonyl (C=O) groups is 1. The molecule has 2 N–H and O–H groups in total. The number of hydrogen-bond acceptors (Lipinski definition) is 5. The Balaban J connectivity index is 1.51. The second-order valence-corrected chi connectivity index (χ2v) is 8.08. The number of nitrogens with zero attached hydrogens (tertiary/aromatic N) is 2. The van der Waals surface area contributed by atoms with Gasteiger partial charge in [0.2, 0.25) is 0 Å². The van der Waals surface area contributed by atoms with Crippen molar-refractivity contribution in [3.63, 3.8) is 0 Å². The van der Waals surface area contributed by atoms with Crippen LogP contribution in [0.3, 0.4) is 0 Å². The molecule has 0 spiro atoms. The van der Waals surface area contributed by atoms with E-state index in [0.29, 0.717) is 35.2 Å². The lowest BCUT2D eigenvalue weighted by atomic mass is 10.1. The highest BCUT2D eigenvalue weighted by molar-refractivity contribution is 9.10. The highest BCUT2D eigenvalue weighted by Gasteiger charge is 2.12. The summed E-state index contributed by atoms with van der Waals surface area (Å²) in [5, 5.41) is 12.5. The van der Waals surface area contributed by atoms with Gasteiger partial charge in [0, 0.05) is 4.47 Å². The van der Waals surface area contributed by atoms with Gasteiger partial charge in [-0.1, -0.05) is 30.3 Å². The summed E-state index contributed by atoms with van der Waals surface area (Å²) in [7, 11) is 0. The molecule has 0 atom stereocenters. The maximum Gasteiger partial charge on any atom is 0.262 e. The minimum absolute atomic E-state index is 0.182. The first kappa shape index (κ1) is 23.1. The van der Waals surface area contributed by atoms with Gasteiger partial charge < -0.3 is 19.8 Å². The van der Waals surface area contributed by atoms with Crippen molar-refractivity contribution in [2.45, 2.75) is 6.92 Å². The Labute approximate surface area is 205 Å². The number of nitrogens with one attached hydrogen (secondary N) is 2. The standard InChI is InChI=1S/C26H21BrN4O3/c1-2-33-24-14-17(13-18(15-28)26-30-21-9-5-6-10-22(21)31-26)11-12-23(24)34-16-25(32)29-20-8-4-3-7-19(20)27/h3-14H,2,16H2,1H3,(H,29,32)(H,30,31)/b18-13+. The normalized spacial score (nSPS) is 11.1. The van der Waals surface area contributed by atoms with E-state index >= 15 is 0 Å². The summed E-state index contributed by atoms with van der Waals surface area (Å²) in [6.45, 7) is 2.10. The number of imidazole rings is 1. The number of nitriles is 1. The smallest absolute Gasteiger partial charge is 0.262 e. The maximum absolute atomic E-state index is 12.3. The van der Waals surface area contributed by atoms with Gasteiger partial charge in [-0.15, -0.1) is 0 Å². The van der Waals surface area contributed by atoms with Crippen LogP contribution in [0.1, 0.15) is 18.3 Å². The molecule has 0 radical (unpaired) electrons. The van der Waals surface area contributed by atoms with Gasteiger partial charge in [0.1, 0.15) is 11.9 Å². The van der Waals surface area contributed by atoms with Crippen LogP contribution in [0.15, 0.2) is 71.2 Å². The first-order valence-corrected chi connectivity index (χ1v) is 11.4. The van der Waals surface area contributed by atoms with Crippen LogP contribution in [0.4, 0.5) is 5.69 Å². The highest BCUT2D eigenvalue weighted by Crippen LogP contribution is 2.30. The molecule has 0 aliphatic carbocycles. The quantitative estimate of drug-likeness (QED) is 0.288. The molecule has 4 aromatic rings. The zero-order valence-corrected chi connectivity index (χ0v) is 19.9. The van der Waals surface area contributed by atoms with Gasteiger partial charge in [0.05, 0.1) is 28.9 Å². The SMILES string of the molecule is CCOc1cc(/C=C(\C#N)c2nc3ccccc3[nH]2)ccc1OCC(=O)Nc1ccccc1Br. The lowest BCUT2D eigenvalue weighted by Crippen LogP contribution is -2.20. The van der Waals surface area contributed by atoms with Gasteiger partial charge in [0.15, 0.2) is 18.1 Å². The van der Waals surface area contributed by atoms with Crippen molar-refractivity contribution in [1.82, 2.24) is 9.97 Å². The minimum atomic E-state index is -0.296. The van der Waals surface area contributed by atoms with Gasteiger partial charge in [-0.3, -0.25) is 4.79 Å². The molecule has 0 aliphatic heterocycles. The third kappa shape index (κ3) is 5.45. The Morgan fingerprint density at radius 3 is 2.68 bits per heavy atom. The van der Waals surface area contributed by atoms with Gasteiger partial charge in [-0.2, -0.15) is 5.26 Å². The molecule has 7 nitrogen and oxygen atoms in total. The minimum Gasteiger partial charge on any atom is -0.490 e. The van der Waals surface area contributed by atoms with Crippen molar-refractivity contribution in [2.24, 2.45) is 0 Å². The monoisotopic (exact) mass is 516 g/mol. The third-order valence-electron chi connectivity index (χ3n) is 4.85. The fraction of sp³-hybridized carbons (Fsp3) is 0.115. The number of allylic oxidation sites excluding steroid dienone is 1. The number of amides is 1. The summed E-state index contributed by atoms with van der Waals surface area (Å²) in [6.07, 6.45) is 1.73. The average Bonchev–Trinajstić information content (AvgIpc) is 3.28. The van der Waals surface area contributed by atoms with Gasteiger partial charge in [0.25, 0.3) is 5.91 Å². The van der Waals surface area contributed by atoms with Gasteiger partial charge >= 0.3 is 0 Å². The van der Waals surface area contributed by atoms with Crippen molar-refractivity contribution in [2.75, 3.05) is 18.5 Å². The number of ether oxygens (including phenoxy) is 2. The average molecular weight is 517 g/mol. The second kappa shape index (κ2) is 10.7. The van der Waals surface area contributed by atoms with Crippen LogP contribution in [0.25, 0.3) is 22.7 Å². The van der Waals surface area contributed by atoms with Gasteiger partial charge in [-0.25, -0.2) is 4.98 Å². The zero-order valence-electron chi connectivity index (χ0n) is 18.3. The molecule has 34 heavy (non-hydrogen) atoms. The van der Waals surface area contributed by atoms with E-state index in [2.05, 4.69) is 37.3 Å². The molecule has 0 fully saturated rings. The predicted octanol–water partition coefficient (Wildman–Crippen LogP) is 5.81. The number of H-pyrrole nitrogens is 1. The number of aromatic amines is 1. The number of anilines is 1. The van der Waals surface area contributed by atoms with Crippen LogP contribution in [0.2, 0.25) is 0 Å². The summed E-state index contributed by atoms with van der Waals surface area (Å²) >= 11 is 3.40. The molecule has 0 unspecified atom stereocenters. The lowest BCUT2D eigenvalue weighted by molar-refractivity contribution is -0.118. The zero-order chi connectivity index (χ0) is 23.9. The van der Waals surface area contributed by atoms with Crippen molar-refractivity contribution >= 4 is 50.2 Å². The Bertz CT molecular complexity index is 1370. The molecule has 0 aliphatic rings. The van der Waals surface area contributed by atoms with Crippen LogP contribution in [-0.4, -0.2) is 29.1 Å². The van der Waals surface area contributed by atoms with Crippen LogP contribution in [-0.2, 0) is 4.79 Å². The molecule has 1 aromatic heterocycles. The van der Waals surface area contributed by atoms with Crippen LogP contribution in [0, 0.1) is 11.3 Å². The van der Waals surface area contributed by atoms with Crippen LogP contribution < -0.4 is 14.8 Å². The van der Waals surface area contributed by atoms with Crippen LogP contribution in [0.5, 0.6) is 11.5 Å². The Morgan fingerprint density at radius 2 is 1.91 bits per heavy atom.